The molecule has 3 nitrogen and oxygen atoms in total. The monoisotopic (exact) mass is 294 g/mol. The molecular weight excluding hydrogens is 268 g/mol. The molecule has 4 heteroatoms. The largest absolute Gasteiger partial charge is 0.354 e. The van der Waals surface area contributed by atoms with Crippen LogP contribution < -0.4 is 11.1 Å². The molecule has 1 aromatic rings. The molecule has 0 aliphatic heterocycles. The molecule has 0 aliphatic carbocycles. The van der Waals surface area contributed by atoms with E-state index in [1.807, 2.05) is 6.26 Å². The van der Waals surface area contributed by atoms with E-state index in [0.717, 1.165) is 12.2 Å². The second kappa shape index (κ2) is 7.70. The van der Waals surface area contributed by atoms with E-state index in [0.29, 0.717) is 6.54 Å². The Morgan fingerprint density at radius 3 is 2.50 bits per heavy atom. The van der Waals surface area contributed by atoms with Gasteiger partial charge >= 0.3 is 0 Å². The van der Waals surface area contributed by atoms with Gasteiger partial charge in [0.25, 0.3) is 0 Å². The maximum absolute atomic E-state index is 11.9. The molecule has 0 saturated heterocycles. The van der Waals surface area contributed by atoms with Gasteiger partial charge in [0.15, 0.2) is 0 Å². The highest BCUT2D eigenvalue weighted by Gasteiger charge is 2.22. The summed E-state index contributed by atoms with van der Waals surface area (Å²) in [5, 5.41) is 2.97. The van der Waals surface area contributed by atoms with Crippen molar-refractivity contribution in [1.82, 2.24) is 5.32 Å². The fraction of sp³-hybridized carbons (Fsp3) is 0.562. The van der Waals surface area contributed by atoms with Crippen molar-refractivity contribution in [2.75, 3.05) is 18.6 Å². The van der Waals surface area contributed by atoms with E-state index in [9.17, 15) is 4.79 Å². The van der Waals surface area contributed by atoms with Crippen LogP contribution >= 0.6 is 11.8 Å². The van der Waals surface area contributed by atoms with Crippen LogP contribution in [0.1, 0.15) is 31.4 Å². The number of carbonyl (C=O) groups is 1. The van der Waals surface area contributed by atoms with Crippen LogP contribution in [-0.2, 0) is 10.2 Å². The molecule has 1 aromatic carbocycles. The van der Waals surface area contributed by atoms with Crippen molar-refractivity contribution >= 4 is 17.7 Å². The summed E-state index contributed by atoms with van der Waals surface area (Å²) in [6.45, 7) is 6.93. The number of nitrogens with one attached hydrogen (secondary N) is 1. The van der Waals surface area contributed by atoms with E-state index in [4.69, 9.17) is 5.73 Å². The highest BCUT2D eigenvalue weighted by Crippen LogP contribution is 2.22. The summed E-state index contributed by atoms with van der Waals surface area (Å²) < 4.78 is 0. The Morgan fingerprint density at radius 2 is 1.95 bits per heavy atom. The van der Waals surface area contributed by atoms with Gasteiger partial charge in [-0.2, -0.15) is 11.8 Å². The smallest absolute Gasteiger partial charge is 0.236 e. The van der Waals surface area contributed by atoms with Crippen LogP contribution in [0.3, 0.4) is 0 Å². The molecule has 0 aliphatic rings. The van der Waals surface area contributed by atoms with Crippen LogP contribution in [0.5, 0.6) is 0 Å². The number of amides is 1. The zero-order valence-corrected chi connectivity index (χ0v) is 13.7. The van der Waals surface area contributed by atoms with E-state index in [1.54, 1.807) is 11.8 Å². The summed E-state index contributed by atoms with van der Waals surface area (Å²) in [6, 6.07) is 8.03. The lowest BCUT2D eigenvalue weighted by molar-refractivity contribution is -0.122. The molecule has 0 aromatic heterocycles. The zero-order valence-electron chi connectivity index (χ0n) is 12.9. The molecule has 20 heavy (non-hydrogen) atoms. The van der Waals surface area contributed by atoms with Gasteiger partial charge in [0, 0.05) is 12.0 Å². The van der Waals surface area contributed by atoms with Crippen molar-refractivity contribution in [1.29, 1.82) is 0 Å². The summed E-state index contributed by atoms with van der Waals surface area (Å²) in [6.07, 6.45) is 2.74. The maximum Gasteiger partial charge on any atom is 0.236 e. The minimum atomic E-state index is -0.406. The topological polar surface area (TPSA) is 55.1 Å². The Labute approximate surface area is 126 Å². The van der Waals surface area contributed by atoms with Crippen molar-refractivity contribution in [2.45, 2.75) is 38.6 Å². The second-order valence-corrected chi connectivity index (χ2v) is 6.84. The van der Waals surface area contributed by atoms with Crippen molar-refractivity contribution in [3.63, 3.8) is 0 Å². The molecular formula is C16H26N2OS. The molecule has 1 amide bonds. The lowest BCUT2D eigenvalue weighted by Gasteiger charge is -2.26. The van der Waals surface area contributed by atoms with Crippen molar-refractivity contribution < 1.29 is 4.79 Å². The number of rotatable bonds is 7. The number of aryl methyl sites for hydroxylation is 1. The van der Waals surface area contributed by atoms with Gasteiger partial charge in [0.2, 0.25) is 5.91 Å². The fourth-order valence-corrected chi connectivity index (χ4v) is 2.41. The molecule has 1 atom stereocenters. The molecule has 0 bridgehead atoms. The van der Waals surface area contributed by atoms with Crippen molar-refractivity contribution in [2.24, 2.45) is 5.73 Å². The van der Waals surface area contributed by atoms with E-state index in [1.165, 1.54) is 11.1 Å². The minimum Gasteiger partial charge on any atom is -0.354 e. The van der Waals surface area contributed by atoms with Gasteiger partial charge in [0.1, 0.15) is 0 Å². The predicted octanol–water partition coefficient (Wildman–Crippen LogP) is 2.47. The van der Waals surface area contributed by atoms with E-state index in [-0.39, 0.29) is 11.3 Å². The third kappa shape index (κ3) is 5.17. The van der Waals surface area contributed by atoms with Crippen molar-refractivity contribution in [3.8, 4) is 0 Å². The van der Waals surface area contributed by atoms with Gasteiger partial charge in [0.05, 0.1) is 6.04 Å². The van der Waals surface area contributed by atoms with Crippen LogP contribution in [-0.4, -0.2) is 30.5 Å². The van der Waals surface area contributed by atoms with Crippen LogP contribution in [0.15, 0.2) is 24.3 Å². The van der Waals surface area contributed by atoms with Gasteiger partial charge < -0.3 is 11.1 Å². The SMILES string of the molecule is CSCC[C@H](N)C(=O)NCC(C)(C)c1ccc(C)cc1. The highest BCUT2D eigenvalue weighted by molar-refractivity contribution is 7.98. The standard InChI is InChI=1S/C16H26N2OS/c1-12-5-7-13(8-6-12)16(2,3)11-18-15(19)14(17)9-10-20-4/h5-8,14H,9-11,17H2,1-4H3,(H,18,19)/t14-/m0/s1. The summed E-state index contributed by atoms with van der Waals surface area (Å²) in [5.41, 5.74) is 8.24. The molecule has 0 unspecified atom stereocenters. The Hall–Kier alpha value is -1.00. The third-order valence-corrected chi connectivity index (χ3v) is 4.15. The first kappa shape index (κ1) is 17.1. The molecule has 112 valence electrons. The van der Waals surface area contributed by atoms with E-state index >= 15 is 0 Å². The number of hydrogen-bond acceptors (Lipinski definition) is 3. The molecule has 0 heterocycles. The summed E-state index contributed by atoms with van der Waals surface area (Å²) in [4.78, 5) is 11.9. The van der Waals surface area contributed by atoms with Gasteiger partial charge in [-0.15, -0.1) is 0 Å². The Balaban J connectivity index is 2.54. The van der Waals surface area contributed by atoms with Gasteiger partial charge in [-0.25, -0.2) is 0 Å². The van der Waals surface area contributed by atoms with Crippen LogP contribution in [0.4, 0.5) is 0 Å². The second-order valence-electron chi connectivity index (χ2n) is 5.86. The summed E-state index contributed by atoms with van der Waals surface area (Å²) >= 11 is 1.71. The number of benzene rings is 1. The number of hydrogen-bond donors (Lipinski definition) is 2. The third-order valence-electron chi connectivity index (χ3n) is 3.51. The lowest BCUT2D eigenvalue weighted by Crippen LogP contribution is -2.45. The number of nitrogens with two attached hydrogens (primary N) is 1. The van der Waals surface area contributed by atoms with Crippen LogP contribution in [0.2, 0.25) is 0 Å². The summed E-state index contributed by atoms with van der Waals surface area (Å²) in [5.74, 6) is 0.856. The Morgan fingerprint density at radius 1 is 1.35 bits per heavy atom. The molecule has 0 radical (unpaired) electrons. The molecule has 0 spiro atoms. The molecule has 3 N–H and O–H groups in total. The van der Waals surface area contributed by atoms with Crippen LogP contribution in [0.25, 0.3) is 0 Å². The summed E-state index contributed by atoms with van der Waals surface area (Å²) in [7, 11) is 0. The Bertz CT molecular complexity index is 429. The number of thioether (sulfide) groups is 1. The van der Waals surface area contributed by atoms with Gasteiger partial charge in [-0.3, -0.25) is 4.79 Å². The minimum absolute atomic E-state index is 0.0563. The van der Waals surface area contributed by atoms with Crippen molar-refractivity contribution in [3.05, 3.63) is 35.4 Å². The molecule has 1 rings (SSSR count). The van der Waals surface area contributed by atoms with E-state index < -0.39 is 6.04 Å². The van der Waals surface area contributed by atoms with E-state index in [2.05, 4.69) is 50.4 Å². The first-order valence-electron chi connectivity index (χ1n) is 6.96. The number of carbonyl (C=O) groups excluding carboxylic acids is 1. The first-order valence-corrected chi connectivity index (χ1v) is 8.35. The average Bonchev–Trinajstić information content (AvgIpc) is 2.42. The quantitative estimate of drug-likeness (QED) is 0.812. The predicted molar refractivity (Wildman–Crippen MR) is 88.2 cm³/mol. The zero-order chi connectivity index (χ0) is 15.2. The average molecular weight is 294 g/mol. The highest BCUT2D eigenvalue weighted by atomic mass is 32.2. The van der Waals surface area contributed by atoms with Gasteiger partial charge in [-0.05, 0) is 30.9 Å². The molecule has 0 saturated carbocycles. The molecule has 0 fully saturated rings. The first-order chi connectivity index (χ1) is 9.36. The Kier molecular flexibility index (Phi) is 6.56. The lowest BCUT2D eigenvalue weighted by atomic mass is 9.84. The maximum atomic E-state index is 11.9. The fourth-order valence-electron chi connectivity index (χ4n) is 1.92. The normalized spacial score (nSPS) is 13.1. The van der Waals surface area contributed by atoms with Gasteiger partial charge in [-0.1, -0.05) is 43.7 Å². The van der Waals surface area contributed by atoms with Crippen LogP contribution in [0, 0.1) is 6.92 Å².